The van der Waals surface area contributed by atoms with Crippen LogP contribution in [-0.4, -0.2) is 9.55 Å². The topological polar surface area (TPSA) is 34.9 Å². The van der Waals surface area contributed by atoms with Crippen molar-refractivity contribution in [2.45, 2.75) is 26.9 Å². The van der Waals surface area contributed by atoms with Gasteiger partial charge in [0, 0.05) is 0 Å². The Morgan fingerprint density at radius 2 is 1.71 bits per heavy atom. The van der Waals surface area contributed by atoms with Crippen LogP contribution in [-0.2, 0) is 6.18 Å². The third-order valence-corrected chi connectivity index (χ3v) is 3.93. The second-order valence-corrected chi connectivity index (χ2v) is 5.79. The minimum absolute atomic E-state index is 0.207. The minimum atomic E-state index is -4.56. The average Bonchev–Trinajstić information content (AvgIpc) is 2.45. The number of alkyl halides is 3. The smallest absolute Gasteiger partial charge is 0.268 e. The maximum Gasteiger partial charge on any atom is 0.418 e. The number of nitrogens with zero attached hydrogens (tertiary/aromatic N) is 2. The lowest BCUT2D eigenvalue weighted by Gasteiger charge is -2.17. The van der Waals surface area contributed by atoms with Crippen molar-refractivity contribution in [2.75, 3.05) is 0 Å². The van der Waals surface area contributed by atoms with E-state index in [0.717, 1.165) is 16.2 Å². The molecule has 1 heterocycles. The number of hydrogen-bond donors (Lipinski definition) is 0. The van der Waals surface area contributed by atoms with Crippen LogP contribution in [0.4, 0.5) is 13.2 Å². The van der Waals surface area contributed by atoms with E-state index in [2.05, 4.69) is 4.98 Å². The number of aryl methyl sites for hydroxylation is 3. The van der Waals surface area contributed by atoms with Crippen LogP contribution in [0, 0.1) is 20.8 Å². The van der Waals surface area contributed by atoms with E-state index < -0.39 is 17.3 Å². The summed E-state index contributed by atoms with van der Waals surface area (Å²) in [6.07, 6.45) is -4.56. The summed E-state index contributed by atoms with van der Waals surface area (Å²) in [7, 11) is 0. The zero-order chi connectivity index (χ0) is 17.6. The van der Waals surface area contributed by atoms with Crippen LogP contribution in [0.5, 0.6) is 0 Å². The standard InChI is InChI=1S/C18H15F3N2O/c1-10-8-11(2)16-14(9-10)22-12(3)23(17(16)24)15-7-5-4-6-13(15)18(19,20)21/h4-9H,1-3H3. The van der Waals surface area contributed by atoms with Gasteiger partial charge in [0.2, 0.25) is 0 Å². The van der Waals surface area contributed by atoms with E-state index in [1.165, 1.54) is 25.1 Å². The van der Waals surface area contributed by atoms with Gasteiger partial charge in [-0.1, -0.05) is 18.2 Å². The monoisotopic (exact) mass is 332 g/mol. The van der Waals surface area contributed by atoms with E-state index in [1.54, 1.807) is 13.0 Å². The third-order valence-electron chi connectivity index (χ3n) is 3.93. The van der Waals surface area contributed by atoms with Crippen LogP contribution in [0.3, 0.4) is 0 Å². The molecule has 3 nitrogen and oxygen atoms in total. The number of fused-ring (bicyclic) bond motifs is 1. The fourth-order valence-corrected chi connectivity index (χ4v) is 2.99. The molecule has 6 heteroatoms. The average molecular weight is 332 g/mol. The van der Waals surface area contributed by atoms with Gasteiger partial charge in [-0.05, 0) is 50.1 Å². The predicted molar refractivity (Wildman–Crippen MR) is 86.6 cm³/mol. The van der Waals surface area contributed by atoms with Crippen LogP contribution in [0.1, 0.15) is 22.5 Å². The molecule has 0 bridgehead atoms. The van der Waals surface area contributed by atoms with Crippen LogP contribution in [0.2, 0.25) is 0 Å². The molecular weight excluding hydrogens is 317 g/mol. The van der Waals surface area contributed by atoms with Crippen molar-refractivity contribution in [1.29, 1.82) is 0 Å². The molecule has 0 aliphatic carbocycles. The van der Waals surface area contributed by atoms with Crippen LogP contribution in [0.15, 0.2) is 41.2 Å². The summed E-state index contributed by atoms with van der Waals surface area (Å²) in [4.78, 5) is 17.3. The first-order valence-electron chi connectivity index (χ1n) is 7.37. The molecule has 0 saturated heterocycles. The summed E-state index contributed by atoms with van der Waals surface area (Å²) in [5, 5.41) is 0.336. The molecule has 124 valence electrons. The zero-order valence-corrected chi connectivity index (χ0v) is 13.4. The van der Waals surface area contributed by atoms with Gasteiger partial charge in [0.1, 0.15) is 5.82 Å². The van der Waals surface area contributed by atoms with Gasteiger partial charge >= 0.3 is 6.18 Å². The summed E-state index contributed by atoms with van der Waals surface area (Å²) in [5.74, 6) is 0.217. The normalized spacial score (nSPS) is 11.9. The van der Waals surface area contributed by atoms with E-state index in [-0.39, 0.29) is 11.5 Å². The Bertz CT molecular complexity index is 1000. The first-order valence-corrected chi connectivity index (χ1v) is 7.37. The number of aromatic nitrogens is 2. The molecule has 3 rings (SSSR count). The summed E-state index contributed by atoms with van der Waals surface area (Å²) < 4.78 is 41.0. The van der Waals surface area contributed by atoms with Gasteiger partial charge in [-0.2, -0.15) is 13.2 Å². The van der Waals surface area contributed by atoms with E-state index in [4.69, 9.17) is 0 Å². The van der Waals surface area contributed by atoms with E-state index >= 15 is 0 Å². The molecule has 0 amide bonds. The van der Waals surface area contributed by atoms with E-state index in [0.29, 0.717) is 16.5 Å². The Balaban J connectivity index is 2.44. The molecule has 1 aromatic heterocycles. The molecule has 0 atom stereocenters. The SMILES string of the molecule is Cc1cc(C)c2c(=O)n(-c3ccccc3C(F)(F)F)c(C)nc2c1. The third kappa shape index (κ3) is 2.58. The zero-order valence-electron chi connectivity index (χ0n) is 13.4. The molecular formula is C18H15F3N2O. The van der Waals surface area contributed by atoms with Crippen LogP contribution >= 0.6 is 0 Å². The Kier molecular flexibility index (Phi) is 3.70. The van der Waals surface area contributed by atoms with Crippen molar-refractivity contribution in [3.63, 3.8) is 0 Å². The van der Waals surface area contributed by atoms with Gasteiger partial charge in [-0.15, -0.1) is 0 Å². The maximum atomic E-state index is 13.3. The van der Waals surface area contributed by atoms with Crippen molar-refractivity contribution in [1.82, 2.24) is 9.55 Å². The second-order valence-electron chi connectivity index (χ2n) is 5.79. The van der Waals surface area contributed by atoms with Crippen molar-refractivity contribution in [3.8, 4) is 5.69 Å². The molecule has 2 aromatic carbocycles. The first-order chi connectivity index (χ1) is 11.2. The quantitative estimate of drug-likeness (QED) is 0.665. The molecule has 24 heavy (non-hydrogen) atoms. The molecule has 0 radical (unpaired) electrons. The number of para-hydroxylation sites is 1. The highest BCUT2D eigenvalue weighted by atomic mass is 19.4. The van der Waals surface area contributed by atoms with Crippen molar-refractivity contribution in [2.24, 2.45) is 0 Å². The first kappa shape index (κ1) is 16.2. The fourth-order valence-electron chi connectivity index (χ4n) is 2.99. The predicted octanol–water partition coefficient (Wildman–Crippen LogP) is 4.33. The molecule has 0 N–H and O–H groups in total. The summed E-state index contributed by atoms with van der Waals surface area (Å²) in [6, 6.07) is 8.61. The van der Waals surface area contributed by atoms with Gasteiger partial charge in [-0.25, -0.2) is 4.98 Å². The molecule has 0 saturated carbocycles. The van der Waals surface area contributed by atoms with Gasteiger partial charge in [0.15, 0.2) is 0 Å². The number of rotatable bonds is 1. The molecule has 0 aliphatic heterocycles. The second kappa shape index (κ2) is 5.47. The molecule has 0 unspecified atom stereocenters. The van der Waals surface area contributed by atoms with Crippen LogP contribution in [0.25, 0.3) is 16.6 Å². The molecule has 3 aromatic rings. The Morgan fingerprint density at radius 3 is 2.38 bits per heavy atom. The van der Waals surface area contributed by atoms with Crippen molar-refractivity contribution in [3.05, 3.63) is 69.3 Å². The summed E-state index contributed by atoms with van der Waals surface area (Å²) >= 11 is 0. The lowest BCUT2D eigenvalue weighted by molar-refractivity contribution is -0.137. The van der Waals surface area contributed by atoms with Gasteiger partial charge in [-0.3, -0.25) is 9.36 Å². The molecule has 0 aliphatic rings. The van der Waals surface area contributed by atoms with Crippen molar-refractivity contribution < 1.29 is 13.2 Å². The fraction of sp³-hybridized carbons (Fsp3) is 0.222. The van der Waals surface area contributed by atoms with E-state index in [1.807, 2.05) is 13.0 Å². The van der Waals surface area contributed by atoms with Gasteiger partial charge < -0.3 is 0 Å². The van der Waals surface area contributed by atoms with Gasteiger partial charge in [0.05, 0.1) is 22.2 Å². The lowest BCUT2D eigenvalue weighted by Crippen LogP contribution is -2.25. The largest absolute Gasteiger partial charge is 0.418 e. The number of hydrogen-bond acceptors (Lipinski definition) is 2. The summed E-state index contributed by atoms with van der Waals surface area (Å²) in [6.45, 7) is 5.17. The highest BCUT2D eigenvalue weighted by molar-refractivity contribution is 5.82. The minimum Gasteiger partial charge on any atom is -0.268 e. The Labute approximate surface area is 136 Å². The Hall–Kier alpha value is -2.63. The highest BCUT2D eigenvalue weighted by Gasteiger charge is 2.34. The Morgan fingerprint density at radius 1 is 1.04 bits per heavy atom. The lowest BCUT2D eigenvalue weighted by atomic mass is 10.1. The molecule has 0 spiro atoms. The molecule has 0 fully saturated rings. The summed E-state index contributed by atoms with van der Waals surface area (Å²) in [5.41, 5.74) is 0.575. The van der Waals surface area contributed by atoms with Crippen molar-refractivity contribution >= 4 is 10.9 Å². The maximum absolute atomic E-state index is 13.3. The number of benzene rings is 2. The number of halogens is 3. The highest BCUT2D eigenvalue weighted by Crippen LogP contribution is 2.33. The van der Waals surface area contributed by atoms with Crippen LogP contribution < -0.4 is 5.56 Å². The van der Waals surface area contributed by atoms with Gasteiger partial charge in [0.25, 0.3) is 5.56 Å². The van der Waals surface area contributed by atoms with E-state index in [9.17, 15) is 18.0 Å².